The summed E-state index contributed by atoms with van der Waals surface area (Å²) in [6.07, 6.45) is 0.273. The fourth-order valence-electron chi connectivity index (χ4n) is 3.29. The van der Waals surface area contributed by atoms with Crippen LogP contribution in [0.4, 0.5) is 20.4 Å². The minimum Gasteiger partial charge on any atom is -0.386 e. The van der Waals surface area contributed by atoms with Crippen molar-refractivity contribution in [3.63, 3.8) is 0 Å². The Bertz CT molecular complexity index is 1090. The lowest BCUT2D eigenvalue weighted by molar-refractivity contribution is -0.120. The molecule has 1 fully saturated rings. The summed E-state index contributed by atoms with van der Waals surface area (Å²) in [4.78, 5) is 19.2. The van der Waals surface area contributed by atoms with Crippen LogP contribution in [0.3, 0.4) is 0 Å². The van der Waals surface area contributed by atoms with Crippen LogP contribution in [-0.2, 0) is 11.3 Å². The number of anilines is 2. The summed E-state index contributed by atoms with van der Waals surface area (Å²) in [7, 11) is 0. The van der Waals surface area contributed by atoms with Crippen LogP contribution in [0.5, 0.6) is 0 Å². The highest BCUT2D eigenvalue weighted by Crippen LogP contribution is 2.26. The van der Waals surface area contributed by atoms with E-state index in [4.69, 9.17) is 0 Å². The molecular formula is C19H19F2N7O2. The van der Waals surface area contributed by atoms with Crippen molar-refractivity contribution in [1.82, 2.24) is 30.3 Å². The van der Waals surface area contributed by atoms with Gasteiger partial charge in [0.1, 0.15) is 17.0 Å². The average molecular weight is 415 g/mol. The van der Waals surface area contributed by atoms with Crippen LogP contribution in [-0.4, -0.2) is 48.1 Å². The number of aryl methyl sites for hydroxylation is 1. The molecule has 0 unspecified atom stereocenters. The molecule has 0 spiro atoms. The third-order valence-corrected chi connectivity index (χ3v) is 4.63. The molecular weight excluding hydrogens is 396 g/mol. The number of aromatic nitrogens is 5. The van der Waals surface area contributed by atoms with E-state index in [1.807, 2.05) is 19.1 Å². The van der Waals surface area contributed by atoms with Crippen molar-refractivity contribution in [2.24, 2.45) is 0 Å². The molecule has 156 valence electrons. The molecule has 9 nitrogen and oxygen atoms in total. The van der Waals surface area contributed by atoms with E-state index in [0.717, 1.165) is 17.2 Å². The standard InChI is InChI=1S/C19H19F2N7O2/c1-11-4-12(6-13(5-11)24-18-22-3-2-14(25-18)17(20)21)15-8-28(27-26-15)10-19(30)7-16(29)23-9-19/h2-6,8,17,30H,7,9-10H2,1H3,(H,23,29)(H,22,24,25)/t19-/m1/s1. The number of hydrogen-bond acceptors (Lipinski definition) is 7. The third-order valence-electron chi connectivity index (χ3n) is 4.63. The van der Waals surface area contributed by atoms with Crippen LogP contribution in [0, 0.1) is 6.92 Å². The fourth-order valence-corrected chi connectivity index (χ4v) is 3.29. The predicted molar refractivity (Wildman–Crippen MR) is 103 cm³/mol. The normalized spacial score (nSPS) is 18.6. The summed E-state index contributed by atoms with van der Waals surface area (Å²) < 4.78 is 27.2. The summed E-state index contributed by atoms with van der Waals surface area (Å²) in [5.74, 6) is -0.140. The zero-order valence-electron chi connectivity index (χ0n) is 16.0. The number of amides is 1. The fraction of sp³-hybridized carbons (Fsp3) is 0.316. The number of aliphatic hydroxyl groups is 1. The van der Waals surface area contributed by atoms with Crippen molar-refractivity contribution in [2.75, 3.05) is 11.9 Å². The highest BCUT2D eigenvalue weighted by Gasteiger charge is 2.37. The number of nitrogens with one attached hydrogen (secondary N) is 2. The Morgan fingerprint density at radius 3 is 2.93 bits per heavy atom. The van der Waals surface area contributed by atoms with E-state index >= 15 is 0 Å². The van der Waals surface area contributed by atoms with Crippen LogP contribution in [0.2, 0.25) is 0 Å². The monoisotopic (exact) mass is 415 g/mol. The lowest BCUT2D eigenvalue weighted by Gasteiger charge is -2.18. The molecule has 30 heavy (non-hydrogen) atoms. The summed E-state index contributed by atoms with van der Waals surface area (Å²) in [5, 5.41) is 24.2. The summed E-state index contributed by atoms with van der Waals surface area (Å²) in [6.45, 7) is 2.18. The first-order valence-electron chi connectivity index (χ1n) is 9.19. The number of carbonyl (C=O) groups is 1. The lowest BCUT2D eigenvalue weighted by Crippen LogP contribution is -2.36. The van der Waals surface area contributed by atoms with Gasteiger partial charge in [0.15, 0.2) is 0 Å². The Hall–Kier alpha value is -3.47. The van der Waals surface area contributed by atoms with Gasteiger partial charge < -0.3 is 15.7 Å². The molecule has 1 aliphatic heterocycles. The van der Waals surface area contributed by atoms with Crippen LogP contribution in [0.1, 0.15) is 24.1 Å². The number of hydrogen-bond donors (Lipinski definition) is 3. The van der Waals surface area contributed by atoms with Gasteiger partial charge in [-0.05, 0) is 36.8 Å². The summed E-state index contributed by atoms with van der Waals surface area (Å²) in [6, 6.07) is 6.66. The zero-order valence-corrected chi connectivity index (χ0v) is 16.0. The second kappa shape index (κ2) is 7.75. The van der Waals surface area contributed by atoms with Crippen LogP contribution in [0.25, 0.3) is 11.3 Å². The Kier molecular flexibility index (Phi) is 5.12. The molecule has 4 rings (SSSR count). The first kappa shape index (κ1) is 19.8. The number of alkyl halides is 2. The topological polar surface area (TPSA) is 118 Å². The SMILES string of the molecule is Cc1cc(Nc2nccc(C(F)F)n2)cc(-c2cn(C[C@]3(O)CNC(=O)C3)nn2)c1. The number of nitrogens with zero attached hydrogens (tertiary/aromatic N) is 5. The molecule has 3 aromatic rings. The van der Waals surface area contributed by atoms with Crippen molar-refractivity contribution in [3.8, 4) is 11.3 Å². The van der Waals surface area contributed by atoms with Crippen LogP contribution in [0.15, 0.2) is 36.7 Å². The molecule has 1 atom stereocenters. The van der Waals surface area contributed by atoms with Gasteiger partial charge in [0.2, 0.25) is 11.9 Å². The van der Waals surface area contributed by atoms with Crippen molar-refractivity contribution >= 4 is 17.5 Å². The van der Waals surface area contributed by atoms with E-state index in [-0.39, 0.29) is 37.1 Å². The van der Waals surface area contributed by atoms with E-state index < -0.39 is 12.0 Å². The molecule has 1 aliphatic rings. The summed E-state index contributed by atoms with van der Waals surface area (Å²) >= 11 is 0. The minimum atomic E-state index is -2.68. The van der Waals surface area contributed by atoms with E-state index in [2.05, 4.69) is 30.9 Å². The minimum absolute atomic E-state index is 0.0123. The number of rotatable bonds is 6. The first-order chi connectivity index (χ1) is 14.3. The van der Waals surface area contributed by atoms with E-state index in [0.29, 0.717) is 11.4 Å². The molecule has 0 saturated carbocycles. The molecule has 3 N–H and O–H groups in total. The predicted octanol–water partition coefficient (Wildman–Crippen LogP) is 1.98. The number of β-amino-alcohol motifs (C(OH)–C–C–N with tert-alkyl or cyclic N) is 1. The maximum Gasteiger partial charge on any atom is 0.280 e. The largest absolute Gasteiger partial charge is 0.386 e. The van der Waals surface area contributed by atoms with Crippen molar-refractivity contribution < 1.29 is 18.7 Å². The van der Waals surface area contributed by atoms with E-state index in [1.54, 1.807) is 12.3 Å². The van der Waals surface area contributed by atoms with E-state index in [1.165, 1.54) is 10.9 Å². The third kappa shape index (κ3) is 4.40. The summed E-state index contributed by atoms with van der Waals surface area (Å²) in [5.41, 5.74) is 1.25. The van der Waals surface area contributed by atoms with Gasteiger partial charge in [0, 0.05) is 24.0 Å². The molecule has 1 aromatic carbocycles. The smallest absolute Gasteiger partial charge is 0.280 e. The molecule has 3 heterocycles. The first-order valence-corrected chi connectivity index (χ1v) is 9.19. The second-order valence-electron chi connectivity index (χ2n) is 7.30. The van der Waals surface area contributed by atoms with E-state index in [9.17, 15) is 18.7 Å². The van der Waals surface area contributed by atoms with Crippen LogP contribution < -0.4 is 10.6 Å². The second-order valence-corrected chi connectivity index (χ2v) is 7.30. The average Bonchev–Trinajstić information content (AvgIpc) is 3.27. The van der Waals surface area contributed by atoms with Gasteiger partial charge in [-0.3, -0.25) is 4.79 Å². The Labute approximate surface area is 170 Å². The highest BCUT2D eigenvalue weighted by atomic mass is 19.3. The number of halogens is 2. The van der Waals surface area contributed by atoms with Crippen molar-refractivity contribution in [3.05, 3.63) is 47.9 Å². The Morgan fingerprint density at radius 1 is 1.37 bits per heavy atom. The molecule has 1 amide bonds. The van der Waals surface area contributed by atoms with Crippen molar-refractivity contribution in [1.29, 1.82) is 0 Å². The highest BCUT2D eigenvalue weighted by molar-refractivity contribution is 5.79. The van der Waals surface area contributed by atoms with Crippen LogP contribution >= 0.6 is 0 Å². The lowest BCUT2D eigenvalue weighted by atomic mass is 10.0. The maximum absolute atomic E-state index is 12.9. The quantitative estimate of drug-likeness (QED) is 0.563. The van der Waals surface area contributed by atoms with Gasteiger partial charge in [0.05, 0.1) is 19.2 Å². The molecule has 1 saturated heterocycles. The maximum atomic E-state index is 12.9. The number of benzene rings is 1. The Morgan fingerprint density at radius 2 is 2.20 bits per heavy atom. The molecule has 0 bridgehead atoms. The van der Waals surface area contributed by atoms with Crippen molar-refractivity contribution in [2.45, 2.75) is 31.9 Å². The Balaban J connectivity index is 1.54. The van der Waals surface area contributed by atoms with Gasteiger partial charge in [-0.25, -0.2) is 23.4 Å². The van der Waals surface area contributed by atoms with Gasteiger partial charge in [-0.1, -0.05) is 5.21 Å². The molecule has 2 aromatic heterocycles. The van der Waals surface area contributed by atoms with Gasteiger partial charge >= 0.3 is 0 Å². The van der Waals surface area contributed by atoms with Gasteiger partial charge in [-0.15, -0.1) is 5.10 Å². The zero-order chi connectivity index (χ0) is 21.3. The van der Waals surface area contributed by atoms with Gasteiger partial charge in [0.25, 0.3) is 6.43 Å². The van der Waals surface area contributed by atoms with Gasteiger partial charge in [-0.2, -0.15) is 0 Å². The number of carbonyl (C=O) groups excluding carboxylic acids is 1. The molecule has 11 heteroatoms. The molecule has 0 radical (unpaired) electrons. The molecule has 0 aliphatic carbocycles.